The van der Waals surface area contributed by atoms with Gasteiger partial charge in [-0.1, -0.05) is 58.4 Å². The van der Waals surface area contributed by atoms with Crippen molar-refractivity contribution in [2.24, 2.45) is 0 Å². The molecule has 1 aliphatic rings. The summed E-state index contributed by atoms with van der Waals surface area (Å²) in [6, 6.07) is 21.5. The molecule has 1 unspecified atom stereocenters. The largest absolute Gasteiger partial charge is 0.485 e. The molecular weight excluding hydrogens is 388 g/mol. The molecule has 1 N–H and O–H groups in total. The van der Waals surface area contributed by atoms with E-state index < -0.39 is 0 Å². The summed E-state index contributed by atoms with van der Waals surface area (Å²) in [4.78, 5) is 2.26. The maximum Gasteiger partial charge on any atom is 0.143 e. The van der Waals surface area contributed by atoms with E-state index in [0.717, 1.165) is 29.0 Å². The Labute approximate surface area is 163 Å². The third-order valence-corrected chi connectivity index (χ3v) is 5.54. The first-order valence-corrected chi connectivity index (χ1v) is 9.79. The molecule has 0 saturated carbocycles. The zero-order valence-electron chi connectivity index (χ0n) is 15.1. The van der Waals surface area contributed by atoms with Gasteiger partial charge in [-0.2, -0.15) is 0 Å². The van der Waals surface area contributed by atoms with E-state index in [9.17, 15) is 0 Å². The van der Waals surface area contributed by atoms with Gasteiger partial charge >= 0.3 is 0 Å². The lowest BCUT2D eigenvalue weighted by atomic mass is 9.99. The van der Waals surface area contributed by atoms with Gasteiger partial charge in [0.15, 0.2) is 0 Å². The van der Waals surface area contributed by atoms with Crippen molar-refractivity contribution >= 4 is 32.4 Å². The smallest absolute Gasteiger partial charge is 0.143 e. The zero-order chi connectivity index (χ0) is 18.1. The zero-order valence-corrected chi connectivity index (χ0v) is 16.7. The van der Waals surface area contributed by atoms with Gasteiger partial charge in [-0.25, -0.2) is 0 Å². The third-order valence-electron chi connectivity index (χ3n) is 5.04. The highest BCUT2D eigenvalue weighted by atomic mass is 79.9. The number of benzene rings is 3. The van der Waals surface area contributed by atoms with E-state index in [1.165, 1.54) is 16.3 Å². The molecule has 3 nitrogen and oxygen atoms in total. The Morgan fingerprint density at radius 2 is 1.96 bits per heavy atom. The van der Waals surface area contributed by atoms with Crippen LogP contribution < -0.4 is 15.0 Å². The summed E-state index contributed by atoms with van der Waals surface area (Å²) in [7, 11) is 2.12. The monoisotopic (exact) mass is 410 g/mol. The maximum absolute atomic E-state index is 6.21. The number of likely N-dealkylation sites (N-methyl/N-ethyl adjacent to an activating group) is 1. The van der Waals surface area contributed by atoms with E-state index in [0.29, 0.717) is 0 Å². The summed E-state index contributed by atoms with van der Waals surface area (Å²) >= 11 is 3.53. The Balaban J connectivity index is 1.46. The average molecular weight is 411 g/mol. The van der Waals surface area contributed by atoms with Gasteiger partial charge in [0.1, 0.15) is 11.9 Å². The van der Waals surface area contributed by atoms with Crippen molar-refractivity contribution in [3.8, 4) is 5.75 Å². The van der Waals surface area contributed by atoms with E-state index in [1.54, 1.807) is 0 Å². The van der Waals surface area contributed by atoms with E-state index in [4.69, 9.17) is 4.74 Å². The summed E-state index contributed by atoms with van der Waals surface area (Å²) < 4.78 is 7.28. The molecule has 134 valence electrons. The molecule has 1 heterocycles. The molecule has 3 aromatic rings. The number of halogens is 1. The van der Waals surface area contributed by atoms with Gasteiger partial charge in [0.25, 0.3) is 0 Å². The number of nitrogens with zero attached hydrogens (tertiary/aromatic N) is 1. The lowest BCUT2D eigenvalue weighted by molar-refractivity contribution is 0.188. The minimum atomic E-state index is 0.131. The molecule has 1 aliphatic heterocycles. The number of fused-ring (bicyclic) bond motifs is 2. The standard InChI is InChI=1S/C22H23BrN2O/c1-15(19-9-5-7-16-6-3-4-8-20(16)19)24-13-18-14-25(2)21-12-17(23)10-11-22(21)26-18/h3-12,15,18,24H,13-14H2,1-2H3/t15-,18?/m1/s1. The third kappa shape index (κ3) is 3.44. The molecular formula is C22H23BrN2O. The van der Waals surface area contributed by atoms with Crippen LogP contribution in [0.25, 0.3) is 10.8 Å². The van der Waals surface area contributed by atoms with Gasteiger partial charge in [-0.3, -0.25) is 0 Å². The minimum Gasteiger partial charge on any atom is -0.485 e. The van der Waals surface area contributed by atoms with Gasteiger partial charge in [-0.05, 0) is 41.5 Å². The molecule has 0 amide bonds. The van der Waals surface area contributed by atoms with Crippen molar-refractivity contribution in [2.75, 3.05) is 25.0 Å². The number of ether oxygens (including phenoxy) is 1. The van der Waals surface area contributed by atoms with Gasteiger partial charge in [0.05, 0.1) is 12.2 Å². The second-order valence-corrected chi connectivity index (χ2v) is 7.85. The van der Waals surface area contributed by atoms with Crippen molar-refractivity contribution in [3.05, 3.63) is 70.7 Å². The van der Waals surface area contributed by atoms with Crippen molar-refractivity contribution < 1.29 is 4.74 Å². The van der Waals surface area contributed by atoms with Crippen LogP contribution in [0.2, 0.25) is 0 Å². The predicted molar refractivity (Wildman–Crippen MR) is 112 cm³/mol. The molecule has 2 atom stereocenters. The lowest BCUT2D eigenvalue weighted by Crippen LogP contribution is -2.44. The summed E-state index contributed by atoms with van der Waals surface area (Å²) in [6.07, 6.45) is 0.131. The number of hydrogen-bond acceptors (Lipinski definition) is 3. The number of anilines is 1. The SMILES string of the molecule is C[C@@H](NCC1CN(C)c2cc(Br)ccc2O1)c1cccc2ccccc12. The normalized spacial score (nSPS) is 17.7. The molecule has 0 fully saturated rings. The van der Waals surface area contributed by atoms with E-state index in [1.807, 2.05) is 12.1 Å². The second-order valence-electron chi connectivity index (χ2n) is 6.93. The lowest BCUT2D eigenvalue weighted by Gasteiger charge is -2.34. The van der Waals surface area contributed by atoms with Crippen molar-refractivity contribution in [1.82, 2.24) is 5.32 Å². The molecule has 4 heteroatoms. The first-order chi connectivity index (χ1) is 12.6. The summed E-state index contributed by atoms with van der Waals surface area (Å²) in [5.41, 5.74) is 2.47. The molecule has 0 radical (unpaired) electrons. The van der Waals surface area contributed by atoms with Crippen LogP contribution in [0.1, 0.15) is 18.5 Å². The predicted octanol–water partition coefficient (Wildman–Crippen LogP) is 5.15. The summed E-state index contributed by atoms with van der Waals surface area (Å²) in [6.45, 7) is 3.91. The van der Waals surface area contributed by atoms with Gasteiger partial charge in [-0.15, -0.1) is 0 Å². The van der Waals surface area contributed by atoms with Gasteiger partial charge < -0.3 is 15.0 Å². The first kappa shape index (κ1) is 17.4. The van der Waals surface area contributed by atoms with Gasteiger partial charge in [0.2, 0.25) is 0 Å². The van der Waals surface area contributed by atoms with E-state index >= 15 is 0 Å². The van der Waals surface area contributed by atoms with Crippen molar-refractivity contribution in [1.29, 1.82) is 0 Å². The first-order valence-electron chi connectivity index (χ1n) is 9.00. The fourth-order valence-corrected chi connectivity index (χ4v) is 4.01. The fraction of sp³-hybridized carbons (Fsp3) is 0.273. The van der Waals surface area contributed by atoms with E-state index in [-0.39, 0.29) is 12.1 Å². The molecule has 0 bridgehead atoms. The molecule has 0 aromatic heterocycles. The Bertz CT molecular complexity index is 922. The van der Waals surface area contributed by atoms with Gasteiger partial charge in [0, 0.05) is 24.1 Å². The van der Waals surface area contributed by atoms with E-state index in [2.05, 4.69) is 88.6 Å². The Hall–Kier alpha value is -2.04. The van der Waals surface area contributed by atoms with Crippen LogP contribution in [-0.4, -0.2) is 26.2 Å². The van der Waals surface area contributed by atoms with Crippen LogP contribution in [0.3, 0.4) is 0 Å². The van der Waals surface area contributed by atoms with Crippen molar-refractivity contribution in [3.63, 3.8) is 0 Å². The average Bonchev–Trinajstić information content (AvgIpc) is 2.66. The summed E-state index contributed by atoms with van der Waals surface area (Å²) in [5.74, 6) is 0.951. The quantitative estimate of drug-likeness (QED) is 0.643. The highest BCUT2D eigenvalue weighted by molar-refractivity contribution is 9.10. The fourth-order valence-electron chi connectivity index (χ4n) is 3.66. The maximum atomic E-state index is 6.21. The molecule has 3 aromatic carbocycles. The number of rotatable bonds is 4. The van der Waals surface area contributed by atoms with Crippen LogP contribution in [0.4, 0.5) is 5.69 Å². The minimum absolute atomic E-state index is 0.131. The Morgan fingerprint density at radius 1 is 1.15 bits per heavy atom. The topological polar surface area (TPSA) is 24.5 Å². The molecule has 0 aliphatic carbocycles. The Morgan fingerprint density at radius 3 is 2.85 bits per heavy atom. The van der Waals surface area contributed by atoms with Crippen LogP contribution in [0.5, 0.6) is 5.75 Å². The molecule has 0 spiro atoms. The van der Waals surface area contributed by atoms with Crippen molar-refractivity contribution in [2.45, 2.75) is 19.1 Å². The highest BCUT2D eigenvalue weighted by Gasteiger charge is 2.24. The second kappa shape index (κ2) is 7.29. The summed E-state index contributed by atoms with van der Waals surface area (Å²) in [5, 5.41) is 6.26. The molecule has 4 rings (SSSR count). The highest BCUT2D eigenvalue weighted by Crippen LogP contribution is 2.35. The molecule has 26 heavy (non-hydrogen) atoms. The van der Waals surface area contributed by atoms with Crippen LogP contribution in [0, 0.1) is 0 Å². The number of hydrogen-bond donors (Lipinski definition) is 1. The number of nitrogens with one attached hydrogen (secondary N) is 1. The van der Waals surface area contributed by atoms with Crippen LogP contribution >= 0.6 is 15.9 Å². The van der Waals surface area contributed by atoms with Crippen LogP contribution in [0.15, 0.2) is 65.1 Å². The van der Waals surface area contributed by atoms with Crippen LogP contribution in [-0.2, 0) is 0 Å². The molecule has 0 saturated heterocycles. The Kier molecular flexibility index (Phi) is 4.88.